The van der Waals surface area contributed by atoms with Crippen molar-refractivity contribution in [2.24, 2.45) is 7.05 Å². The summed E-state index contributed by atoms with van der Waals surface area (Å²) < 4.78 is 12.3. The third-order valence-corrected chi connectivity index (χ3v) is 5.96. The topological polar surface area (TPSA) is 72.6 Å². The van der Waals surface area contributed by atoms with E-state index in [1.165, 1.54) is 11.9 Å². The molecule has 3 rings (SSSR count). The van der Waals surface area contributed by atoms with Crippen LogP contribution < -0.4 is 9.47 Å². The third-order valence-electron chi connectivity index (χ3n) is 5.71. The van der Waals surface area contributed by atoms with E-state index >= 15 is 0 Å². The van der Waals surface area contributed by atoms with Crippen LogP contribution in [0.5, 0.6) is 11.5 Å². The molecule has 0 radical (unpaired) electrons. The van der Waals surface area contributed by atoms with E-state index in [1.54, 1.807) is 38.1 Å². The van der Waals surface area contributed by atoms with Crippen molar-refractivity contribution in [1.29, 1.82) is 0 Å². The van der Waals surface area contributed by atoms with Gasteiger partial charge in [0.25, 0.3) is 0 Å². The number of halogens is 1. The normalized spacial score (nSPS) is 13.2. The minimum Gasteiger partial charge on any atom is -0.493 e. The van der Waals surface area contributed by atoms with Crippen LogP contribution in [0.4, 0.5) is 0 Å². The monoisotopic (exact) mass is 458 g/mol. The fraction of sp³-hybridized carbons (Fsp3) is 0.417. The molecule has 172 valence electrons. The molecular formula is C24H31ClN4O3. The molecule has 0 saturated heterocycles. The fourth-order valence-electron chi connectivity index (χ4n) is 3.85. The number of aryl methyl sites for hydroxylation is 1. The Labute approximate surface area is 194 Å². The maximum atomic E-state index is 11.6. The molecule has 1 atom stereocenters. The van der Waals surface area contributed by atoms with Crippen LogP contribution in [0, 0.1) is 0 Å². The average Bonchev–Trinajstić information content (AvgIpc) is 3.24. The highest BCUT2D eigenvalue weighted by molar-refractivity contribution is 6.30. The lowest BCUT2D eigenvalue weighted by Gasteiger charge is -2.28. The predicted octanol–water partition coefficient (Wildman–Crippen LogP) is 3.68. The van der Waals surface area contributed by atoms with Crippen molar-refractivity contribution in [2.45, 2.75) is 24.9 Å². The average molecular weight is 459 g/mol. The Balaban J connectivity index is 1.61. The summed E-state index contributed by atoms with van der Waals surface area (Å²) in [4.78, 5) is 6.58. The van der Waals surface area contributed by atoms with E-state index in [0.29, 0.717) is 17.3 Å². The van der Waals surface area contributed by atoms with E-state index in [2.05, 4.69) is 28.1 Å². The van der Waals surface area contributed by atoms with Gasteiger partial charge in [-0.25, -0.2) is 4.98 Å². The standard InChI is InChI=1S/C24H31ClN4O3/c1-28(15-12-18-6-11-21(31-3)22(16-18)32-4)14-5-13-24(30,23-26-17-27-29(23)2)19-7-9-20(25)10-8-19/h6-11,16-17,30H,5,12-15H2,1-4H3. The molecule has 0 aliphatic heterocycles. The first-order valence-electron chi connectivity index (χ1n) is 10.6. The molecule has 2 aromatic carbocycles. The van der Waals surface area contributed by atoms with Crippen LogP contribution in [-0.2, 0) is 19.1 Å². The molecule has 8 heteroatoms. The van der Waals surface area contributed by atoms with Crippen LogP contribution in [0.1, 0.15) is 29.8 Å². The van der Waals surface area contributed by atoms with E-state index in [4.69, 9.17) is 21.1 Å². The highest BCUT2D eigenvalue weighted by atomic mass is 35.5. The number of rotatable bonds is 11. The minimum absolute atomic E-state index is 0.516. The lowest BCUT2D eigenvalue weighted by atomic mass is 9.88. The molecule has 0 fully saturated rings. The Morgan fingerprint density at radius 3 is 2.41 bits per heavy atom. The molecule has 0 amide bonds. The summed E-state index contributed by atoms with van der Waals surface area (Å²) in [5.41, 5.74) is 0.706. The first-order valence-corrected chi connectivity index (χ1v) is 11.0. The van der Waals surface area contributed by atoms with Crippen LogP contribution in [0.3, 0.4) is 0 Å². The van der Waals surface area contributed by atoms with E-state index in [1.807, 2.05) is 24.3 Å². The lowest BCUT2D eigenvalue weighted by Crippen LogP contribution is -2.33. The molecule has 0 spiro atoms. The van der Waals surface area contributed by atoms with Crippen LogP contribution >= 0.6 is 11.6 Å². The van der Waals surface area contributed by atoms with Gasteiger partial charge < -0.3 is 19.5 Å². The van der Waals surface area contributed by atoms with Crippen LogP contribution in [-0.4, -0.2) is 59.1 Å². The summed E-state index contributed by atoms with van der Waals surface area (Å²) in [7, 11) is 7.16. The molecule has 3 aromatic rings. The number of ether oxygens (including phenoxy) is 2. The van der Waals surface area contributed by atoms with Crippen molar-refractivity contribution in [2.75, 3.05) is 34.4 Å². The van der Waals surface area contributed by atoms with Crippen molar-refractivity contribution < 1.29 is 14.6 Å². The number of hydrogen-bond acceptors (Lipinski definition) is 6. The summed E-state index contributed by atoms with van der Waals surface area (Å²) in [5, 5.41) is 16.4. The van der Waals surface area contributed by atoms with E-state index in [-0.39, 0.29) is 0 Å². The van der Waals surface area contributed by atoms with Crippen molar-refractivity contribution in [1.82, 2.24) is 19.7 Å². The van der Waals surface area contributed by atoms with Gasteiger partial charge in [-0.2, -0.15) is 5.10 Å². The molecule has 0 aliphatic carbocycles. The Morgan fingerprint density at radius 2 is 1.78 bits per heavy atom. The molecule has 0 saturated carbocycles. The second kappa shape index (κ2) is 10.8. The zero-order valence-electron chi connectivity index (χ0n) is 19.1. The number of aliphatic hydroxyl groups is 1. The van der Waals surface area contributed by atoms with Gasteiger partial charge in [-0.15, -0.1) is 0 Å². The maximum absolute atomic E-state index is 11.6. The molecule has 1 heterocycles. The first-order chi connectivity index (χ1) is 15.4. The summed E-state index contributed by atoms with van der Waals surface area (Å²) >= 11 is 6.05. The van der Waals surface area contributed by atoms with E-state index in [9.17, 15) is 5.11 Å². The summed E-state index contributed by atoms with van der Waals surface area (Å²) in [6.45, 7) is 1.72. The van der Waals surface area contributed by atoms with Gasteiger partial charge in [0.15, 0.2) is 17.3 Å². The second-order valence-electron chi connectivity index (χ2n) is 7.92. The molecule has 0 aliphatic rings. The van der Waals surface area contributed by atoms with E-state index < -0.39 is 5.60 Å². The molecule has 1 N–H and O–H groups in total. The Morgan fingerprint density at radius 1 is 1.06 bits per heavy atom. The molecular weight excluding hydrogens is 428 g/mol. The van der Waals surface area contributed by atoms with Crippen molar-refractivity contribution >= 4 is 11.6 Å². The van der Waals surface area contributed by atoms with Crippen LogP contribution in [0.15, 0.2) is 48.8 Å². The summed E-state index contributed by atoms with van der Waals surface area (Å²) in [5.74, 6) is 1.99. The highest BCUT2D eigenvalue weighted by Gasteiger charge is 2.35. The second-order valence-corrected chi connectivity index (χ2v) is 8.36. The van der Waals surface area contributed by atoms with Gasteiger partial charge in [0.1, 0.15) is 11.9 Å². The minimum atomic E-state index is -1.24. The summed E-state index contributed by atoms with van der Waals surface area (Å²) in [6.07, 6.45) is 3.66. The Hall–Kier alpha value is -2.61. The third kappa shape index (κ3) is 5.59. The van der Waals surface area contributed by atoms with Gasteiger partial charge in [0, 0.05) is 18.6 Å². The molecule has 7 nitrogen and oxygen atoms in total. The van der Waals surface area contributed by atoms with Gasteiger partial charge in [0.05, 0.1) is 14.2 Å². The highest BCUT2D eigenvalue weighted by Crippen LogP contribution is 2.33. The van der Waals surface area contributed by atoms with Crippen LogP contribution in [0.2, 0.25) is 5.02 Å². The van der Waals surface area contributed by atoms with Crippen molar-refractivity contribution in [3.8, 4) is 11.5 Å². The zero-order chi connectivity index (χ0) is 23.1. The maximum Gasteiger partial charge on any atom is 0.163 e. The number of nitrogens with zero attached hydrogens (tertiary/aromatic N) is 4. The number of methoxy groups -OCH3 is 2. The smallest absolute Gasteiger partial charge is 0.163 e. The zero-order valence-corrected chi connectivity index (χ0v) is 19.8. The van der Waals surface area contributed by atoms with Crippen molar-refractivity contribution in [3.63, 3.8) is 0 Å². The first kappa shape index (κ1) is 24.0. The fourth-order valence-corrected chi connectivity index (χ4v) is 3.98. The number of likely N-dealkylation sites (N-methyl/N-ethyl adjacent to an activating group) is 1. The lowest BCUT2D eigenvalue weighted by molar-refractivity contribution is 0.0529. The largest absolute Gasteiger partial charge is 0.493 e. The summed E-state index contributed by atoms with van der Waals surface area (Å²) in [6, 6.07) is 13.3. The van der Waals surface area contributed by atoms with Gasteiger partial charge in [-0.3, -0.25) is 4.68 Å². The van der Waals surface area contributed by atoms with Gasteiger partial charge in [0.2, 0.25) is 0 Å². The van der Waals surface area contributed by atoms with Gasteiger partial charge >= 0.3 is 0 Å². The number of hydrogen-bond donors (Lipinski definition) is 1. The molecule has 32 heavy (non-hydrogen) atoms. The number of aromatic nitrogens is 3. The molecule has 1 aromatic heterocycles. The SMILES string of the molecule is COc1ccc(CCN(C)CCCC(O)(c2ccc(Cl)cc2)c2ncnn2C)cc1OC. The van der Waals surface area contributed by atoms with Gasteiger partial charge in [-0.1, -0.05) is 29.8 Å². The molecule has 0 bridgehead atoms. The Kier molecular flexibility index (Phi) is 8.12. The van der Waals surface area contributed by atoms with Crippen LogP contribution in [0.25, 0.3) is 0 Å². The Bertz CT molecular complexity index is 1010. The quantitative estimate of drug-likeness (QED) is 0.472. The van der Waals surface area contributed by atoms with E-state index in [0.717, 1.165) is 43.0 Å². The molecule has 1 unspecified atom stereocenters. The number of benzene rings is 2. The van der Waals surface area contributed by atoms with Crippen molar-refractivity contribution in [3.05, 3.63) is 70.8 Å². The predicted molar refractivity (Wildman–Crippen MR) is 125 cm³/mol. The van der Waals surface area contributed by atoms with Gasteiger partial charge in [-0.05, 0) is 68.2 Å².